The van der Waals surface area contributed by atoms with Crippen LogP contribution >= 0.6 is 0 Å². The average Bonchev–Trinajstić information content (AvgIpc) is 2.77. The summed E-state index contributed by atoms with van der Waals surface area (Å²) in [7, 11) is 0. The Hall–Kier alpha value is -0.810. The van der Waals surface area contributed by atoms with Crippen molar-refractivity contribution in [3.05, 3.63) is 0 Å². The lowest BCUT2D eigenvalue weighted by molar-refractivity contribution is -0.0535. The van der Waals surface area contributed by atoms with Gasteiger partial charge in [-0.2, -0.15) is 0 Å². The predicted molar refractivity (Wildman–Crippen MR) is 75.5 cm³/mol. The van der Waals surface area contributed by atoms with Gasteiger partial charge in [-0.3, -0.25) is 0 Å². The SMILES string of the molecule is CC(C)(C)OC(=O)NC(C1CCCO1)C1(CO)CCC1. The first kappa shape index (κ1) is 15.6. The predicted octanol–water partition coefficient (Wildman–Crippen LogP) is 2.22. The molecule has 5 nitrogen and oxygen atoms in total. The van der Waals surface area contributed by atoms with Gasteiger partial charge in [-0.1, -0.05) is 6.42 Å². The number of ether oxygens (including phenoxy) is 2. The average molecular weight is 285 g/mol. The second-order valence-corrected chi connectivity index (χ2v) is 7.05. The van der Waals surface area contributed by atoms with Crippen molar-refractivity contribution >= 4 is 6.09 Å². The molecule has 1 heterocycles. The third kappa shape index (κ3) is 3.44. The maximum Gasteiger partial charge on any atom is 0.407 e. The van der Waals surface area contributed by atoms with Gasteiger partial charge in [0.25, 0.3) is 0 Å². The zero-order chi connectivity index (χ0) is 14.8. The van der Waals surface area contributed by atoms with E-state index in [0.717, 1.165) is 38.7 Å². The van der Waals surface area contributed by atoms with E-state index < -0.39 is 11.7 Å². The van der Waals surface area contributed by atoms with Crippen LogP contribution in [0.25, 0.3) is 0 Å². The van der Waals surface area contributed by atoms with Gasteiger partial charge in [0.2, 0.25) is 0 Å². The van der Waals surface area contributed by atoms with E-state index in [1.54, 1.807) is 0 Å². The van der Waals surface area contributed by atoms with E-state index in [4.69, 9.17) is 9.47 Å². The molecule has 0 aromatic rings. The molecule has 2 atom stereocenters. The summed E-state index contributed by atoms with van der Waals surface area (Å²) in [6, 6.07) is -0.154. The van der Waals surface area contributed by atoms with Crippen LogP contribution in [0, 0.1) is 5.41 Å². The number of rotatable bonds is 4. The van der Waals surface area contributed by atoms with Crippen LogP contribution in [0.2, 0.25) is 0 Å². The Morgan fingerprint density at radius 3 is 2.55 bits per heavy atom. The molecule has 116 valence electrons. The highest BCUT2D eigenvalue weighted by Crippen LogP contribution is 2.46. The van der Waals surface area contributed by atoms with E-state index in [1.807, 2.05) is 20.8 Å². The van der Waals surface area contributed by atoms with Crippen LogP contribution in [-0.4, -0.2) is 42.2 Å². The van der Waals surface area contributed by atoms with Gasteiger partial charge in [0, 0.05) is 12.0 Å². The highest BCUT2D eigenvalue weighted by molar-refractivity contribution is 5.68. The Bertz CT molecular complexity index is 335. The van der Waals surface area contributed by atoms with Gasteiger partial charge in [-0.25, -0.2) is 4.79 Å². The van der Waals surface area contributed by atoms with Crippen LogP contribution < -0.4 is 5.32 Å². The molecule has 1 amide bonds. The van der Waals surface area contributed by atoms with Gasteiger partial charge < -0.3 is 19.9 Å². The lowest BCUT2D eigenvalue weighted by Crippen LogP contribution is -2.59. The molecule has 1 saturated carbocycles. The smallest absolute Gasteiger partial charge is 0.407 e. The minimum absolute atomic E-state index is 0.00466. The van der Waals surface area contributed by atoms with Gasteiger partial charge in [0.1, 0.15) is 5.60 Å². The molecule has 5 heteroatoms. The summed E-state index contributed by atoms with van der Waals surface area (Å²) in [5.41, 5.74) is -0.747. The Labute approximate surface area is 121 Å². The Morgan fingerprint density at radius 2 is 2.15 bits per heavy atom. The second-order valence-electron chi connectivity index (χ2n) is 7.05. The monoisotopic (exact) mass is 285 g/mol. The quantitative estimate of drug-likeness (QED) is 0.831. The molecule has 0 spiro atoms. The summed E-state index contributed by atoms with van der Waals surface area (Å²) in [5, 5.41) is 12.7. The molecule has 1 aliphatic heterocycles. The second kappa shape index (κ2) is 5.90. The number of aliphatic hydroxyl groups is 1. The molecule has 2 N–H and O–H groups in total. The highest BCUT2D eigenvalue weighted by Gasteiger charge is 2.49. The normalized spacial score (nSPS) is 26.7. The van der Waals surface area contributed by atoms with Gasteiger partial charge in [0.05, 0.1) is 18.8 Å². The fourth-order valence-corrected chi connectivity index (χ4v) is 3.14. The summed E-state index contributed by atoms with van der Waals surface area (Å²) >= 11 is 0. The highest BCUT2D eigenvalue weighted by atomic mass is 16.6. The molecule has 2 fully saturated rings. The summed E-state index contributed by atoms with van der Waals surface area (Å²) in [6.45, 7) is 6.36. The van der Waals surface area contributed by atoms with Crippen LogP contribution in [0.1, 0.15) is 52.9 Å². The first-order valence-electron chi connectivity index (χ1n) is 7.58. The number of nitrogens with one attached hydrogen (secondary N) is 1. The van der Waals surface area contributed by atoms with Gasteiger partial charge in [-0.15, -0.1) is 0 Å². The van der Waals surface area contributed by atoms with Crippen LogP contribution in [0.5, 0.6) is 0 Å². The van der Waals surface area contributed by atoms with E-state index in [-0.39, 0.29) is 24.2 Å². The fraction of sp³-hybridized carbons (Fsp3) is 0.933. The zero-order valence-electron chi connectivity index (χ0n) is 12.8. The third-order valence-electron chi connectivity index (χ3n) is 4.33. The number of carbonyl (C=O) groups is 1. The first-order chi connectivity index (χ1) is 9.36. The number of hydrogen-bond donors (Lipinski definition) is 2. The maximum atomic E-state index is 12.1. The van der Waals surface area contributed by atoms with E-state index in [0.29, 0.717) is 0 Å². The molecule has 0 bridgehead atoms. The molecule has 1 saturated heterocycles. The zero-order valence-corrected chi connectivity index (χ0v) is 12.8. The van der Waals surface area contributed by atoms with E-state index >= 15 is 0 Å². The van der Waals surface area contributed by atoms with Crippen molar-refractivity contribution in [2.24, 2.45) is 5.41 Å². The lowest BCUT2D eigenvalue weighted by Gasteiger charge is -2.48. The summed E-state index contributed by atoms with van der Waals surface area (Å²) in [6.07, 6.45) is 4.49. The topological polar surface area (TPSA) is 67.8 Å². The third-order valence-corrected chi connectivity index (χ3v) is 4.33. The fourth-order valence-electron chi connectivity index (χ4n) is 3.14. The summed E-state index contributed by atoms with van der Waals surface area (Å²) < 4.78 is 11.1. The summed E-state index contributed by atoms with van der Waals surface area (Å²) in [5.74, 6) is 0. The molecule has 1 aliphatic carbocycles. The molecule has 0 aromatic heterocycles. The Balaban J connectivity index is 2.05. The van der Waals surface area contributed by atoms with E-state index in [1.165, 1.54) is 0 Å². The molecule has 2 aliphatic rings. The first-order valence-corrected chi connectivity index (χ1v) is 7.58. The molecule has 20 heavy (non-hydrogen) atoms. The largest absolute Gasteiger partial charge is 0.444 e. The molecular weight excluding hydrogens is 258 g/mol. The number of amides is 1. The number of aliphatic hydroxyl groups excluding tert-OH is 1. The standard InChI is InChI=1S/C15H27NO4/c1-14(2,3)20-13(18)16-12(11-6-4-9-19-11)15(10-17)7-5-8-15/h11-12,17H,4-10H2,1-3H3,(H,16,18). The molecule has 2 unspecified atom stereocenters. The maximum absolute atomic E-state index is 12.1. The van der Waals surface area contributed by atoms with E-state index in [9.17, 15) is 9.90 Å². The molecular formula is C15H27NO4. The van der Waals surface area contributed by atoms with E-state index in [2.05, 4.69) is 5.32 Å². The number of hydrogen-bond acceptors (Lipinski definition) is 4. The molecule has 2 rings (SSSR count). The summed E-state index contributed by atoms with van der Waals surface area (Å²) in [4.78, 5) is 12.1. The van der Waals surface area contributed by atoms with Crippen molar-refractivity contribution in [2.75, 3.05) is 13.2 Å². The van der Waals surface area contributed by atoms with Crippen molar-refractivity contribution in [3.63, 3.8) is 0 Å². The minimum Gasteiger partial charge on any atom is -0.444 e. The van der Waals surface area contributed by atoms with Crippen molar-refractivity contribution in [1.82, 2.24) is 5.32 Å². The molecule has 0 radical (unpaired) electrons. The van der Waals surface area contributed by atoms with Crippen LogP contribution in [0.15, 0.2) is 0 Å². The lowest BCUT2D eigenvalue weighted by atomic mass is 9.63. The Kier molecular flexibility index (Phi) is 4.59. The Morgan fingerprint density at radius 1 is 1.45 bits per heavy atom. The minimum atomic E-state index is -0.517. The number of carbonyl (C=O) groups excluding carboxylic acids is 1. The van der Waals surface area contributed by atoms with Crippen LogP contribution in [0.3, 0.4) is 0 Å². The van der Waals surface area contributed by atoms with Crippen molar-refractivity contribution in [3.8, 4) is 0 Å². The van der Waals surface area contributed by atoms with Crippen molar-refractivity contribution in [1.29, 1.82) is 0 Å². The van der Waals surface area contributed by atoms with Gasteiger partial charge in [0.15, 0.2) is 0 Å². The van der Waals surface area contributed by atoms with Gasteiger partial charge >= 0.3 is 6.09 Å². The van der Waals surface area contributed by atoms with Crippen LogP contribution in [-0.2, 0) is 9.47 Å². The van der Waals surface area contributed by atoms with Crippen LogP contribution in [0.4, 0.5) is 4.79 Å². The van der Waals surface area contributed by atoms with Crippen molar-refractivity contribution < 1.29 is 19.4 Å². The van der Waals surface area contributed by atoms with Crippen molar-refractivity contribution in [2.45, 2.75) is 70.6 Å². The molecule has 0 aromatic carbocycles. The number of alkyl carbamates (subject to hydrolysis) is 1. The van der Waals surface area contributed by atoms with Gasteiger partial charge in [-0.05, 0) is 46.5 Å².